The zero-order valence-electron chi connectivity index (χ0n) is 8.33. The molecule has 0 spiro atoms. The number of rotatable bonds is 5. The van der Waals surface area contributed by atoms with Gasteiger partial charge in [-0.15, -0.1) is 0 Å². The number of nitrogens with one attached hydrogen (secondary N) is 1. The minimum absolute atomic E-state index is 0.218. The molecule has 0 saturated carbocycles. The minimum Gasteiger partial charge on any atom is -0.393 e. The summed E-state index contributed by atoms with van der Waals surface area (Å²) in [5, 5.41) is 12.3. The van der Waals surface area contributed by atoms with E-state index in [-0.39, 0.29) is 6.10 Å². The van der Waals surface area contributed by atoms with E-state index in [1.165, 1.54) is 5.56 Å². The van der Waals surface area contributed by atoms with Crippen LogP contribution in [-0.2, 0) is 6.54 Å². The van der Waals surface area contributed by atoms with Gasteiger partial charge < -0.3 is 10.4 Å². The van der Waals surface area contributed by atoms with Crippen molar-refractivity contribution in [2.75, 3.05) is 6.54 Å². The smallest absolute Gasteiger partial charge is 0.0524 e. The van der Waals surface area contributed by atoms with Crippen molar-refractivity contribution in [1.82, 2.24) is 5.32 Å². The number of hydrogen-bond donors (Lipinski definition) is 2. The van der Waals surface area contributed by atoms with Crippen LogP contribution in [0.1, 0.15) is 18.9 Å². The summed E-state index contributed by atoms with van der Waals surface area (Å²) in [7, 11) is 0. The Balaban J connectivity index is 2.25. The molecular formula is C11H16BrNO. The van der Waals surface area contributed by atoms with Crippen LogP contribution in [0.15, 0.2) is 28.7 Å². The average molecular weight is 258 g/mol. The van der Waals surface area contributed by atoms with Crippen LogP contribution in [0.4, 0.5) is 0 Å². The van der Waals surface area contributed by atoms with E-state index in [1.807, 2.05) is 12.1 Å². The first-order chi connectivity index (χ1) is 6.68. The van der Waals surface area contributed by atoms with Crippen LogP contribution >= 0.6 is 15.9 Å². The molecule has 0 unspecified atom stereocenters. The van der Waals surface area contributed by atoms with Crippen LogP contribution in [0, 0.1) is 0 Å². The number of aliphatic hydroxyl groups is 1. The zero-order chi connectivity index (χ0) is 10.4. The van der Waals surface area contributed by atoms with Crippen LogP contribution in [0.2, 0.25) is 0 Å². The van der Waals surface area contributed by atoms with Gasteiger partial charge >= 0.3 is 0 Å². The summed E-state index contributed by atoms with van der Waals surface area (Å²) in [6.45, 7) is 3.51. The van der Waals surface area contributed by atoms with E-state index < -0.39 is 0 Å². The highest BCUT2D eigenvalue weighted by atomic mass is 79.9. The van der Waals surface area contributed by atoms with Gasteiger partial charge in [0.25, 0.3) is 0 Å². The highest BCUT2D eigenvalue weighted by Gasteiger charge is 1.96. The Hall–Kier alpha value is -0.380. The maximum Gasteiger partial charge on any atom is 0.0524 e. The van der Waals surface area contributed by atoms with E-state index in [4.69, 9.17) is 5.11 Å². The highest BCUT2D eigenvalue weighted by molar-refractivity contribution is 9.10. The Morgan fingerprint density at radius 2 is 2.29 bits per heavy atom. The van der Waals surface area contributed by atoms with Crippen LogP contribution < -0.4 is 5.32 Å². The fraction of sp³-hybridized carbons (Fsp3) is 0.455. The van der Waals surface area contributed by atoms with E-state index in [9.17, 15) is 0 Å². The molecule has 0 aromatic heterocycles. The summed E-state index contributed by atoms with van der Waals surface area (Å²) in [4.78, 5) is 0. The van der Waals surface area contributed by atoms with Gasteiger partial charge in [-0.05, 0) is 37.6 Å². The lowest BCUT2D eigenvalue weighted by molar-refractivity contribution is 0.183. The van der Waals surface area contributed by atoms with Gasteiger partial charge in [-0.2, -0.15) is 0 Å². The molecule has 1 aromatic carbocycles. The summed E-state index contributed by atoms with van der Waals surface area (Å²) in [5.74, 6) is 0. The Bertz CT molecular complexity index is 276. The second-order valence-electron chi connectivity index (χ2n) is 3.44. The first-order valence-electron chi connectivity index (χ1n) is 4.81. The van der Waals surface area contributed by atoms with Gasteiger partial charge in [-0.3, -0.25) is 0 Å². The topological polar surface area (TPSA) is 32.3 Å². The lowest BCUT2D eigenvalue weighted by Crippen LogP contribution is -2.18. The number of benzene rings is 1. The third kappa shape index (κ3) is 4.74. The molecule has 0 fully saturated rings. The molecule has 0 heterocycles. The van der Waals surface area contributed by atoms with Crippen molar-refractivity contribution in [2.24, 2.45) is 0 Å². The van der Waals surface area contributed by atoms with Crippen LogP contribution in [0.3, 0.4) is 0 Å². The van der Waals surface area contributed by atoms with E-state index in [0.717, 1.165) is 24.0 Å². The van der Waals surface area contributed by atoms with Gasteiger partial charge in [-0.25, -0.2) is 0 Å². The zero-order valence-corrected chi connectivity index (χ0v) is 9.92. The molecule has 0 radical (unpaired) electrons. The number of hydrogen-bond acceptors (Lipinski definition) is 2. The molecule has 1 atom stereocenters. The molecule has 14 heavy (non-hydrogen) atoms. The predicted molar refractivity (Wildman–Crippen MR) is 62.1 cm³/mol. The van der Waals surface area contributed by atoms with Gasteiger partial charge in [0.1, 0.15) is 0 Å². The number of halogens is 1. The van der Waals surface area contributed by atoms with Gasteiger partial charge in [-0.1, -0.05) is 28.1 Å². The predicted octanol–water partition coefficient (Wildman–Crippen LogP) is 2.31. The largest absolute Gasteiger partial charge is 0.393 e. The van der Waals surface area contributed by atoms with Crippen molar-refractivity contribution in [3.8, 4) is 0 Å². The summed E-state index contributed by atoms with van der Waals surface area (Å²) in [6.07, 6.45) is 0.582. The van der Waals surface area contributed by atoms with Crippen molar-refractivity contribution in [3.63, 3.8) is 0 Å². The first-order valence-corrected chi connectivity index (χ1v) is 5.61. The Labute approximate surface area is 93.5 Å². The average Bonchev–Trinajstić information content (AvgIpc) is 2.12. The molecule has 78 valence electrons. The second kappa shape index (κ2) is 6.17. The maximum atomic E-state index is 9.05. The third-order valence-corrected chi connectivity index (χ3v) is 2.45. The van der Waals surface area contributed by atoms with Gasteiger partial charge in [0.05, 0.1) is 6.10 Å². The first kappa shape index (κ1) is 11.7. The second-order valence-corrected chi connectivity index (χ2v) is 4.36. The molecule has 2 N–H and O–H groups in total. The van der Waals surface area contributed by atoms with Crippen molar-refractivity contribution in [3.05, 3.63) is 34.3 Å². The van der Waals surface area contributed by atoms with Crippen molar-refractivity contribution in [1.29, 1.82) is 0 Å². The lowest BCUT2D eigenvalue weighted by atomic mass is 10.2. The van der Waals surface area contributed by atoms with Crippen molar-refractivity contribution < 1.29 is 5.11 Å². The fourth-order valence-corrected chi connectivity index (χ4v) is 1.64. The molecule has 0 aliphatic carbocycles. The van der Waals surface area contributed by atoms with E-state index in [0.29, 0.717) is 0 Å². The highest BCUT2D eigenvalue weighted by Crippen LogP contribution is 2.11. The monoisotopic (exact) mass is 257 g/mol. The molecular weight excluding hydrogens is 242 g/mol. The quantitative estimate of drug-likeness (QED) is 0.794. The summed E-state index contributed by atoms with van der Waals surface area (Å²) >= 11 is 3.43. The molecule has 0 saturated heterocycles. The summed E-state index contributed by atoms with van der Waals surface area (Å²) < 4.78 is 1.10. The Morgan fingerprint density at radius 3 is 2.93 bits per heavy atom. The van der Waals surface area contributed by atoms with Crippen LogP contribution in [0.5, 0.6) is 0 Å². The molecule has 2 nitrogen and oxygen atoms in total. The van der Waals surface area contributed by atoms with Gasteiger partial charge in [0.15, 0.2) is 0 Å². The molecule has 0 bridgehead atoms. The summed E-state index contributed by atoms with van der Waals surface area (Å²) in [5.41, 5.74) is 1.25. The minimum atomic E-state index is -0.218. The van der Waals surface area contributed by atoms with Crippen molar-refractivity contribution in [2.45, 2.75) is 26.0 Å². The Morgan fingerprint density at radius 1 is 1.50 bits per heavy atom. The maximum absolute atomic E-state index is 9.05. The molecule has 1 aromatic rings. The SMILES string of the molecule is C[C@H](O)CCNCc1cccc(Br)c1. The molecule has 0 aliphatic heterocycles. The van der Waals surface area contributed by atoms with Crippen molar-refractivity contribution >= 4 is 15.9 Å². The van der Waals surface area contributed by atoms with E-state index >= 15 is 0 Å². The molecule has 3 heteroatoms. The van der Waals surface area contributed by atoms with Crippen LogP contribution in [-0.4, -0.2) is 17.8 Å². The molecule has 0 amide bonds. The molecule has 1 rings (SSSR count). The summed E-state index contributed by atoms with van der Waals surface area (Å²) in [6, 6.07) is 8.21. The molecule has 0 aliphatic rings. The fourth-order valence-electron chi connectivity index (χ4n) is 1.19. The van der Waals surface area contributed by atoms with E-state index in [2.05, 4.69) is 33.4 Å². The van der Waals surface area contributed by atoms with Gasteiger partial charge in [0.2, 0.25) is 0 Å². The lowest BCUT2D eigenvalue weighted by Gasteiger charge is -2.06. The number of aliphatic hydroxyl groups excluding tert-OH is 1. The van der Waals surface area contributed by atoms with E-state index in [1.54, 1.807) is 6.92 Å². The van der Waals surface area contributed by atoms with Crippen LogP contribution in [0.25, 0.3) is 0 Å². The standard InChI is InChI=1S/C11H16BrNO/c1-9(14)5-6-13-8-10-3-2-4-11(12)7-10/h2-4,7,9,13-14H,5-6,8H2,1H3/t9-/m0/s1. The normalized spacial score (nSPS) is 12.8. The van der Waals surface area contributed by atoms with Gasteiger partial charge in [0, 0.05) is 11.0 Å². The third-order valence-electron chi connectivity index (χ3n) is 1.96. The Kier molecular flexibility index (Phi) is 5.15.